The first-order valence-electron chi connectivity index (χ1n) is 8.78. The molecule has 31 heavy (non-hydrogen) atoms. The molecule has 0 aliphatic rings. The quantitative estimate of drug-likeness (QED) is 0.488. The number of carbonyl (C=O) groups excluding carboxylic acids is 1. The van der Waals surface area contributed by atoms with E-state index in [9.17, 15) is 27.2 Å². The van der Waals surface area contributed by atoms with Crippen LogP contribution in [0.1, 0.15) is 5.56 Å². The largest absolute Gasteiger partial charge is 0.322 e. The maximum atomic E-state index is 13.7. The van der Waals surface area contributed by atoms with Crippen molar-refractivity contribution in [2.45, 2.75) is 13.1 Å². The monoisotopic (exact) mass is 432 g/mol. The summed E-state index contributed by atoms with van der Waals surface area (Å²) < 4.78 is 55.5. The summed E-state index contributed by atoms with van der Waals surface area (Å²) >= 11 is 0. The predicted octanol–water partition coefficient (Wildman–Crippen LogP) is 2.23. The first-order valence-corrected chi connectivity index (χ1v) is 8.78. The van der Waals surface area contributed by atoms with Crippen LogP contribution in [0.15, 0.2) is 47.5 Å². The van der Waals surface area contributed by atoms with Crippen molar-refractivity contribution in [1.82, 2.24) is 24.5 Å². The third-order valence-corrected chi connectivity index (χ3v) is 4.27. The molecule has 0 fully saturated rings. The molecule has 1 N–H and O–H groups in total. The number of nitrogens with one attached hydrogen (secondary N) is 1. The van der Waals surface area contributed by atoms with Gasteiger partial charge in [0.25, 0.3) is 5.56 Å². The van der Waals surface area contributed by atoms with Gasteiger partial charge in [0.1, 0.15) is 36.1 Å². The molecule has 0 radical (unpaired) electrons. The van der Waals surface area contributed by atoms with Crippen LogP contribution in [-0.4, -0.2) is 30.5 Å². The molecule has 8 nitrogen and oxygen atoms in total. The second kappa shape index (κ2) is 7.97. The Hall–Kier alpha value is -4.09. The van der Waals surface area contributed by atoms with Crippen LogP contribution >= 0.6 is 0 Å². The van der Waals surface area contributed by atoms with Crippen LogP contribution in [-0.2, 0) is 17.9 Å². The number of nitrogens with zero attached hydrogens (tertiary/aromatic N) is 5. The molecule has 4 rings (SSSR count). The molecule has 2 heterocycles. The van der Waals surface area contributed by atoms with Crippen molar-refractivity contribution in [3.8, 4) is 0 Å². The Morgan fingerprint density at radius 2 is 1.74 bits per heavy atom. The number of halogens is 4. The number of hydrogen-bond acceptors (Lipinski definition) is 5. The Morgan fingerprint density at radius 3 is 2.45 bits per heavy atom. The molecule has 0 unspecified atom stereocenters. The molecule has 158 valence electrons. The minimum absolute atomic E-state index is 0.0518. The third-order valence-electron chi connectivity index (χ3n) is 4.27. The molecule has 4 aromatic rings. The molecule has 0 aliphatic heterocycles. The minimum Gasteiger partial charge on any atom is -0.322 e. The van der Waals surface area contributed by atoms with Crippen molar-refractivity contribution in [3.63, 3.8) is 0 Å². The van der Waals surface area contributed by atoms with Gasteiger partial charge in [0.2, 0.25) is 5.91 Å². The predicted molar refractivity (Wildman–Crippen MR) is 100 cm³/mol. The van der Waals surface area contributed by atoms with Crippen LogP contribution in [0, 0.1) is 23.3 Å². The normalized spacial score (nSPS) is 11.1. The van der Waals surface area contributed by atoms with Crippen LogP contribution < -0.4 is 10.9 Å². The Labute approximate surface area is 170 Å². The topological polar surface area (TPSA) is 94.7 Å². The van der Waals surface area contributed by atoms with Gasteiger partial charge in [-0.2, -0.15) is 0 Å². The van der Waals surface area contributed by atoms with E-state index in [-0.39, 0.29) is 29.0 Å². The van der Waals surface area contributed by atoms with E-state index >= 15 is 0 Å². The molecular weight excluding hydrogens is 420 g/mol. The highest BCUT2D eigenvalue weighted by atomic mass is 19.1. The summed E-state index contributed by atoms with van der Waals surface area (Å²) in [6.07, 6.45) is 1.07. The molecule has 12 heteroatoms. The molecule has 0 saturated carbocycles. The van der Waals surface area contributed by atoms with Crippen molar-refractivity contribution in [3.05, 3.63) is 81.9 Å². The number of anilines is 1. The van der Waals surface area contributed by atoms with Crippen LogP contribution in [0.3, 0.4) is 0 Å². The SMILES string of the molecule is O=C(Cn1cnc2c(nnn2Cc2cc(F)cc(F)c2)c1=O)Nc1ccc(F)cc1F. The molecule has 0 saturated heterocycles. The van der Waals surface area contributed by atoms with Crippen LogP contribution in [0.4, 0.5) is 23.2 Å². The van der Waals surface area contributed by atoms with Crippen LogP contribution in [0.25, 0.3) is 11.2 Å². The maximum Gasteiger partial charge on any atom is 0.283 e. The fraction of sp³-hybridized carbons (Fsp3) is 0.105. The molecule has 0 atom stereocenters. The fourth-order valence-electron chi connectivity index (χ4n) is 2.92. The lowest BCUT2D eigenvalue weighted by Crippen LogP contribution is -2.28. The summed E-state index contributed by atoms with van der Waals surface area (Å²) in [5.41, 5.74) is -0.815. The van der Waals surface area contributed by atoms with Crippen LogP contribution in [0.2, 0.25) is 0 Å². The van der Waals surface area contributed by atoms with E-state index in [1.807, 2.05) is 0 Å². The molecule has 1 amide bonds. The number of aromatic nitrogens is 5. The minimum atomic E-state index is -0.967. The second-order valence-corrected chi connectivity index (χ2v) is 6.55. The van der Waals surface area contributed by atoms with Crippen LogP contribution in [0.5, 0.6) is 0 Å². The lowest BCUT2D eigenvalue weighted by atomic mass is 10.2. The Morgan fingerprint density at radius 1 is 1.00 bits per heavy atom. The highest BCUT2D eigenvalue weighted by Gasteiger charge is 2.15. The molecule has 0 spiro atoms. The van der Waals surface area contributed by atoms with Gasteiger partial charge < -0.3 is 5.32 Å². The van der Waals surface area contributed by atoms with E-state index < -0.39 is 41.3 Å². The Kier molecular flexibility index (Phi) is 5.19. The van der Waals surface area contributed by atoms with Gasteiger partial charge in [-0.15, -0.1) is 5.10 Å². The van der Waals surface area contributed by atoms with Crippen molar-refractivity contribution in [2.24, 2.45) is 0 Å². The first kappa shape index (κ1) is 20.2. The number of benzene rings is 2. The highest BCUT2D eigenvalue weighted by molar-refractivity contribution is 5.90. The van der Waals surface area contributed by atoms with Gasteiger partial charge in [-0.25, -0.2) is 27.2 Å². The van der Waals surface area contributed by atoms with E-state index in [2.05, 4.69) is 20.6 Å². The van der Waals surface area contributed by atoms with Gasteiger partial charge in [0.15, 0.2) is 11.2 Å². The van der Waals surface area contributed by atoms with Crippen molar-refractivity contribution >= 4 is 22.8 Å². The van der Waals surface area contributed by atoms with E-state index in [0.29, 0.717) is 6.07 Å². The fourth-order valence-corrected chi connectivity index (χ4v) is 2.92. The van der Waals surface area contributed by atoms with E-state index in [4.69, 9.17) is 0 Å². The van der Waals surface area contributed by atoms with Gasteiger partial charge >= 0.3 is 0 Å². The van der Waals surface area contributed by atoms with Crippen molar-refractivity contribution in [2.75, 3.05) is 5.32 Å². The number of hydrogen-bond donors (Lipinski definition) is 1. The summed E-state index contributed by atoms with van der Waals surface area (Å²) in [4.78, 5) is 28.8. The highest BCUT2D eigenvalue weighted by Crippen LogP contribution is 2.15. The number of rotatable bonds is 5. The molecule has 2 aromatic heterocycles. The van der Waals surface area contributed by atoms with E-state index in [1.165, 1.54) is 4.68 Å². The maximum absolute atomic E-state index is 13.7. The van der Waals surface area contributed by atoms with Gasteiger partial charge in [0.05, 0.1) is 12.2 Å². The number of carbonyl (C=O) groups is 1. The standard InChI is InChI=1S/C19H12F4N6O2/c20-11-1-2-15(14(23)6-11)25-16(30)8-28-9-24-18-17(19(28)31)26-27-29(18)7-10-3-12(21)5-13(22)4-10/h1-6,9H,7-8H2,(H,25,30). The van der Waals surface area contributed by atoms with Gasteiger partial charge in [-0.3, -0.25) is 14.2 Å². The Balaban J connectivity index is 1.56. The number of fused-ring (bicyclic) bond motifs is 1. The summed E-state index contributed by atoms with van der Waals surface area (Å²) in [6, 6.07) is 5.57. The van der Waals surface area contributed by atoms with E-state index in [1.54, 1.807) is 0 Å². The molecule has 0 bridgehead atoms. The second-order valence-electron chi connectivity index (χ2n) is 6.55. The van der Waals surface area contributed by atoms with Gasteiger partial charge in [-0.05, 0) is 29.8 Å². The zero-order valence-electron chi connectivity index (χ0n) is 15.5. The van der Waals surface area contributed by atoms with Crippen molar-refractivity contribution in [1.29, 1.82) is 0 Å². The summed E-state index contributed by atoms with van der Waals surface area (Å²) in [5, 5.41) is 9.74. The van der Waals surface area contributed by atoms with E-state index in [0.717, 1.165) is 41.2 Å². The lowest BCUT2D eigenvalue weighted by molar-refractivity contribution is -0.116. The summed E-state index contributed by atoms with van der Waals surface area (Å²) in [7, 11) is 0. The summed E-state index contributed by atoms with van der Waals surface area (Å²) in [5.74, 6) is -4.05. The zero-order valence-corrected chi connectivity index (χ0v) is 15.5. The Bertz CT molecular complexity index is 1350. The van der Waals surface area contributed by atoms with Gasteiger partial charge in [-0.1, -0.05) is 5.21 Å². The first-order chi connectivity index (χ1) is 14.8. The lowest BCUT2D eigenvalue weighted by Gasteiger charge is -2.08. The molecular formula is C19H12F4N6O2. The van der Waals surface area contributed by atoms with Gasteiger partial charge in [0, 0.05) is 12.1 Å². The zero-order chi connectivity index (χ0) is 22.1. The molecule has 2 aromatic carbocycles. The average molecular weight is 432 g/mol. The molecule has 0 aliphatic carbocycles. The number of amides is 1. The average Bonchev–Trinajstić information content (AvgIpc) is 3.09. The third kappa shape index (κ3) is 4.27. The van der Waals surface area contributed by atoms with Crippen molar-refractivity contribution < 1.29 is 22.4 Å². The smallest absolute Gasteiger partial charge is 0.283 e. The summed E-state index contributed by atoms with van der Waals surface area (Å²) in [6.45, 7) is -0.605.